The number of hydrogen-bond donors (Lipinski definition) is 1. The van der Waals surface area contributed by atoms with Crippen LogP contribution in [-0.2, 0) is 6.61 Å². The van der Waals surface area contributed by atoms with Crippen LogP contribution < -0.4 is 10.5 Å². The minimum absolute atomic E-state index is 0.344. The van der Waals surface area contributed by atoms with Gasteiger partial charge in [0.2, 0.25) is 0 Å². The number of fused-ring (bicyclic) bond motifs is 1. The van der Waals surface area contributed by atoms with E-state index in [4.69, 9.17) is 10.5 Å². The maximum Gasteiger partial charge on any atom is 0.149 e. The Hall–Kier alpha value is -2.63. The molecule has 3 heterocycles. The SMILES string of the molecule is Nc1cc(OCc2cn3cc(C4CC4)ccc3n2)cnn1. The second kappa shape index (κ2) is 4.73. The zero-order valence-electron chi connectivity index (χ0n) is 11.4. The smallest absolute Gasteiger partial charge is 0.149 e. The van der Waals surface area contributed by atoms with E-state index in [0.717, 1.165) is 17.3 Å². The lowest BCUT2D eigenvalue weighted by molar-refractivity contribution is 0.300. The number of rotatable bonds is 4. The third-order valence-electron chi connectivity index (χ3n) is 3.61. The number of nitrogens with zero attached hydrogens (tertiary/aromatic N) is 4. The average molecular weight is 281 g/mol. The Morgan fingerprint density at radius 3 is 3.00 bits per heavy atom. The molecule has 6 heteroatoms. The van der Waals surface area contributed by atoms with Gasteiger partial charge in [0, 0.05) is 18.5 Å². The summed E-state index contributed by atoms with van der Waals surface area (Å²) in [5.74, 6) is 1.68. The number of hydrogen-bond acceptors (Lipinski definition) is 5. The Kier molecular flexibility index (Phi) is 2.73. The number of anilines is 1. The predicted molar refractivity (Wildman–Crippen MR) is 77.9 cm³/mol. The molecule has 0 aromatic carbocycles. The average Bonchev–Trinajstić information content (AvgIpc) is 3.25. The van der Waals surface area contributed by atoms with Crippen LogP contribution in [0.4, 0.5) is 5.82 Å². The first-order valence-corrected chi connectivity index (χ1v) is 6.96. The zero-order valence-corrected chi connectivity index (χ0v) is 11.4. The summed E-state index contributed by atoms with van der Waals surface area (Å²) < 4.78 is 7.70. The second-order valence-corrected chi connectivity index (χ2v) is 5.34. The van der Waals surface area contributed by atoms with Crippen molar-refractivity contribution in [2.75, 3.05) is 5.73 Å². The van der Waals surface area contributed by atoms with Gasteiger partial charge in [-0.05, 0) is 30.4 Å². The van der Waals surface area contributed by atoms with Gasteiger partial charge in [-0.15, -0.1) is 5.10 Å². The molecular formula is C15H15N5O. The van der Waals surface area contributed by atoms with Crippen molar-refractivity contribution in [2.45, 2.75) is 25.4 Å². The Balaban J connectivity index is 1.53. The van der Waals surface area contributed by atoms with Gasteiger partial charge in [0.1, 0.15) is 23.8 Å². The standard InChI is InChI=1S/C15H15N5O/c16-14-5-13(6-17-19-14)21-9-12-8-20-7-11(10-1-2-10)3-4-15(20)18-12/h3-8,10H,1-2,9H2,(H2,16,19). The molecule has 3 aromatic rings. The molecule has 106 valence electrons. The maximum absolute atomic E-state index is 5.63. The molecule has 1 fully saturated rings. The predicted octanol–water partition coefficient (Wildman–Crippen LogP) is 2.16. The van der Waals surface area contributed by atoms with Crippen molar-refractivity contribution < 1.29 is 4.74 Å². The minimum Gasteiger partial charge on any atom is -0.485 e. The third kappa shape index (κ3) is 2.52. The first-order valence-electron chi connectivity index (χ1n) is 6.96. The largest absolute Gasteiger partial charge is 0.485 e. The molecule has 1 aliphatic rings. The number of ether oxygens (including phenoxy) is 1. The Labute approximate surface area is 121 Å². The fourth-order valence-electron chi connectivity index (χ4n) is 2.39. The summed E-state index contributed by atoms with van der Waals surface area (Å²) in [6.07, 6.45) is 8.30. The zero-order chi connectivity index (χ0) is 14.2. The number of nitrogens with two attached hydrogens (primary N) is 1. The molecule has 0 amide bonds. The summed E-state index contributed by atoms with van der Waals surface area (Å²) in [7, 11) is 0. The Morgan fingerprint density at radius 2 is 2.19 bits per heavy atom. The highest BCUT2D eigenvalue weighted by Crippen LogP contribution is 2.39. The molecule has 4 rings (SSSR count). The van der Waals surface area contributed by atoms with E-state index in [1.54, 1.807) is 6.07 Å². The maximum atomic E-state index is 5.63. The highest BCUT2D eigenvalue weighted by Gasteiger charge is 2.23. The normalized spacial score (nSPS) is 14.5. The summed E-state index contributed by atoms with van der Waals surface area (Å²) in [4.78, 5) is 4.54. The monoisotopic (exact) mass is 281 g/mol. The van der Waals surface area contributed by atoms with Gasteiger partial charge in [-0.25, -0.2) is 4.98 Å². The first-order chi connectivity index (χ1) is 10.3. The summed E-state index contributed by atoms with van der Waals surface area (Å²) in [6, 6.07) is 5.87. The fraction of sp³-hybridized carbons (Fsp3) is 0.267. The molecule has 0 bridgehead atoms. The number of nitrogen functional groups attached to an aromatic ring is 1. The number of imidazole rings is 1. The quantitative estimate of drug-likeness (QED) is 0.793. The van der Waals surface area contributed by atoms with Crippen molar-refractivity contribution in [1.82, 2.24) is 19.6 Å². The lowest BCUT2D eigenvalue weighted by Crippen LogP contribution is -1.98. The van der Waals surface area contributed by atoms with Crippen LogP contribution >= 0.6 is 0 Å². The summed E-state index contributed by atoms with van der Waals surface area (Å²) >= 11 is 0. The van der Waals surface area contributed by atoms with Crippen LogP contribution in [0.15, 0.2) is 36.8 Å². The van der Waals surface area contributed by atoms with E-state index in [-0.39, 0.29) is 0 Å². The molecule has 0 atom stereocenters. The van der Waals surface area contributed by atoms with Crippen LogP contribution in [0, 0.1) is 0 Å². The fourth-order valence-corrected chi connectivity index (χ4v) is 2.39. The van der Waals surface area contributed by atoms with E-state index in [1.165, 1.54) is 24.6 Å². The van der Waals surface area contributed by atoms with Crippen LogP contribution in [0.1, 0.15) is 30.0 Å². The molecule has 0 spiro atoms. The summed E-state index contributed by atoms with van der Waals surface area (Å²) in [5.41, 5.74) is 8.76. The van der Waals surface area contributed by atoms with E-state index in [9.17, 15) is 0 Å². The van der Waals surface area contributed by atoms with E-state index < -0.39 is 0 Å². The topological polar surface area (TPSA) is 78.3 Å². The lowest BCUT2D eigenvalue weighted by atomic mass is 10.2. The van der Waals surface area contributed by atoms with Gasteiger partial charge >= 0.3 is 0 Å². The molecule has 1 saturated carbocycles. The van der Waals surface area contributed by atoms with Crippen molar-refractivity contribution in [3.05, 3.63) is 48.0 Å². The van der Waals surface area contributed by atoms with Crippen molar-refractivity contribution in [2.24, 2.45) is 0 Å². The van der Waals surface area contributed by atoms with E-state index in [2.05, 4.69) is 37.9 Å². The lowest BCUT2D eigenvalue weighted by Gasteiger charge is -2.02. The van der Waals surface area contributed by atoms with Gasteiger partial charge < -0.3 is 14.9 Å². The molecule has 6 nitrogen and oxygen atoms in total. The molecular weight excluding hydrogens is 266 g/mol. The number of aromatic nitrogens is 4. The molecule has 0 aliphatic heterocycles. The molecule has 0 unspecified atom stereocenters. The summed E-state index contributed by atoms with van der Waals surface area (Å²) in [6.45, 7) is 0.381. The highest BCUT2D eigenvalue weighted by molar-refractivity contribution is 5.42. The molecule has 2 N–H and O–H groups in total. The molecule has 3 aromatic heterocycles. The van der Waals surface area contributed by atoms with Gasteiger partial charge in [0.05, 0.1) is 11.9 Å². The van der Waals surface area contributed by atoms with Gasteiger partial charge in [-0.1, -0.05) is 6.07 Å². The van der Waals surface area contributed by atoms with Crippen LogP contribution in [0.25, 0.3) is 5.65 Å². The number of pyridine rings is 1. The molecule has 1 aliphatic carbocycles. The molecule has 0 radical (unpaired) electrons. The van der Waals surface area contributed by atoms with Crippen molar-refractivity contribution >= 4 is 11.5 Å². The molecule has 0 saturated heterocycles. The Morgan fingerprint density at radius 1 is 1.29 bits per heavy atom. The van der Waals surface area contributed by atoms with Gasteiger partial charge in [0.15, 0.2) is 0 Å². The third-order valence-corrected chi connectivity index (χ3v) is 3.61. The first kappa shape index (κ1) is 12.1. The minimum atomic E-state index is 0.344. The Bertz CT molecular complexity index is 794. The van der Waals surface area contributed by atoms with Crippen molar-refractivity contribution in [3.8, 4) is 5.75 Å². The van der Waals surface area contributed by atoms with Crippen LogP contribution in [0.5, 0.6) is 5.75 Å². The van der Waals surface area contributed by atoms with Gasteiger partial charge in [-0.3, -0.25) is 0 Å². The van der Waals surface area contributed by atoms with Crippen molar-refractivity contribution in [1.29, 1.82) is 0 Å². The van der Waals surface area contributed by atoms with Gasteiger partial charge in [-0.2, -0.15) is 5.10 Å². The molecule has 21 heavy (non-hydrogen) atoms. The van der Waals surface area contributed by atoms with Crippen molar-refractivity contribution in [3.63, 3.8) is 0 Å². The van der Waals surface area contributed by atoms with Gasteiger partial charge in [0.25, 0.3) is 0 Å². The van der Waals surface area contributed by atoms with Crippen LogP contribution in [-0.4, -0.2) is 19.6 Å². The van der Waals surface area contributed by atoms with E-state index >= 15 is 0 Å². The second-order valence-electron chi connectivity index (χ2n) is 5.34. The van der Waals surface area contributed by atoms with E-state index in [1.807, 2.05) is 6.20 Å². The highest BCUT2D eigenvalue weighted by atomic mass is 16.5. The van der Waals surface area contributed by atoms with E-state index in [0.29, 0.717) is 18.2 Å². The van der Waals surface area contributed by atoms with Crippen LogP contribution in [0.2, 0.25) is 0 Å². The summed E-state index contributed by atoms with van der Waals surface area (Å²) in [5, 5.41) is 7.44. The van der Waals surface area contributed by atoms with Crippen LogP contribution in [0.3, 0.4) is 0 Å².